The van der Waals surface area contributed by atoms with Crippen molar-refractivity contribution in [3.63, 3.8) is 0 Å². The van der Waals surface area contributed by atoms with Gasteiger partial charge in [-0.3, -0.25) is 9.48 Å². The average Bonchev–Trinajstić information content (AvgIpc) is 3.10. The Morgan fingerprint density at radius 3 is 2.65 bits per heavy atom. The summed E-state index contributed by atoms with van der Waals surface area (Å²) in [6.45, 7) is 0. The minimum atomic E-state index is -0.284. The lowest BCUT2D eigenvalue weighted by Gasteiger charge is -2.05. The van der Waals surface area contributed by atoms with Crippen LogP contribution in [0.5, 0.6) is 0 Å². The lowest BCUT2D eigenvalue weighted by Crippen LogP contribution is -2.12. The molecule has 100 valence electrons. The fraction of sp³-hybridized carbons (Fsp3) is 0.0769. The molecule has 3 aromatic rings. The molecule has 0 saturated carbocycles. The summed E-state index contributed by atoms with van der Waals surface area (Å²) in [5.41, 5.74) is 1.95. The van der Waals surface area contributed by atoms with Crippen LogP contribution in [0.15, 0.2) is 49.2 Å². The predicted molar refractivity (Wildman–Crippen MR) is 72.5 cm³/mol. The number of hydrogen-bond acceptors (Lipinski definition) is 4. The van der Waals surface area contributed by atoms with Crippen LogP contribution in [-0.2, 0) is 7.05 Å². The number of amides is 1. The highest BCUT2D eigenvalue weighted by Crippen LogP contribution is 2.13. The van der Waals surface area contributed by atoms with Gasteiger partial charge in [0.2, 0.25) is 0 Å². The van der Waals surface area contributed by atoms with Crippen LogP contribution in [0.2, 0.25) is 0 Å². The first-order chi connectivity index (χ1) is 9.72. The van der Waals surface area contributed by atoms with E-state index in [0.29, 0.717) is 5.69 Å². The van der Waals surface area contributed by atoms with E-state index in [0.717, 1.165) is 5.69 Å². The first-order valence-corrected chi connectivity index (χ1v) is 5.98. The second kappa shape index (κ2) is 4.96. The van der Waals surface area contributed by atoms with Gasteiger partial charge in [0.1, 0.15) is 0 Å². The van der Waals surface area contributed by atoms with Crippen LogP contribution in [0.25, 0.3) is 5.69 Å². The molecule has 0 aliphatic heterocycles. The lowest BCUT2D eigenvalue weighted by atomic mass is 10.2. The zero-order valence-corrected chi connectivity index (χ0v) is 10.8. The van der Waals surface area contributed by atoms with E-state index in [1.54, 1.807) is 25.8 Å². The molecule has 0 atom stereocenters. The molecule has 1 aromatic carbocycles. The van der Waals surface area contributed by atoms with Crippen molar-refractivity contribution >= 4 is 11.6 Å². The van der Waals surface area contributed by atoms with Crippen LogP contribution >= 0.6 is 0 Å². The largest absolute Gasteiger partial charge is 0.321 e. The van der Waals surface area contributed by atoms with Crippen LogP contribution in [0.1, 0.15) is 10.5 Å². The molecule has 0 unspecified atom stereocenters. The SMILES string of the molecule is Cn1cc(C(=O)Nc2ccc(-n3ccnc3)cc2)nn1. The number of nitrogens with zero attached hydrogens (tertiary/aromatic N) is 5. The Hall–Kier alpha value is -2.96. The van der Waals surface area contributed by atoms with E-state index in [1.165, 1.54) is 4.68 Å². The van der Waals surface area contributed by atoms with Crippen LogP contribution < -0.4 is 5.32 Å². The monoisotopic (exact) mass is 268 g/mol. The number of hydrogen-bond donors (Lipinski definition) is 1. The fourth-order valence-electron chi connectivity index (χ4n) is 1.78. The van der Waals surface area contributed by atoms with Crippen LogP contribution in [-0.4, -0.2) is 30.5 Å². The van der Waals surface area contributed by atoms with Crippen molar-refractivity contribution in [1.29, 1.82) is 0 Å². The molecule has 0 radical (unpaired) electrons. The van der Waals surface area contributed by atoms with Gasteiger partial charge in [-0.1, -0.05) is 5.21 Å². The smallest absolute Gasteiger partial charge is 0.277 e. The summed E-state index contributed by atoms with van der Waals surface area (Å²) in [4.78, 5) is 15.9. The van der Waals surface area contributed by atoms with Gasteiger partial charge < -0.3 is 9.88 Å². The van der Waals surface area contributed by atoms with E-state index in [1.807, 2.05) is 35.0 Å². The minimum Gasteiger partial charge on any atom is -0.321 e. The van der Waals surface area contributed by atoms with Crippen LogP contribution in [0.4, 0.5) is 5.69 Å². The van der Waals surface area contributed by atoms with Crippen molar-refractivity contribution in [1.82, 2.24) is 24.5 Å². The molecular formula is C13H12N6O. The number of anilines is 1. The number of nitrogens with one attached hydrogen (secondary N) is 1. The zero-order valence-electron chi connectivity index (χ0n) is 10.8. The normalized spacial score (nSPS) is 10.4. The Balaban J connectivity index is 1.74. The van der Waals surface area contributed by atoms with Gasteiger partial charge in [-0.25, -0.2) is 4.98 Å². The zero-order chi connectivity index (χ0) is 13.9. The van der Waals surface area contributed by atoms with Gasteiger partial charge in [0.25, 0.3) is 5.91 Å². The van der Waals surface area contributed by atoms with Gasteiger partial charge >= 0.3 is 0 Å². The van der Waals surface area contributed by atoms with Gasteiger partial charge in [-0.2, -0.15) is 0 Å². The van der Waals surface area contributed by atoms with Gasteiger partial charge in [0.15, 0.2) is 5.69 Å². The molecule has 0 saturated heterocycles. The van der Waals surface area contributed by atoms with Crippen molar-refractivity contribution in [2.75, 3.05) is 5.32 Å². The molecule has 0 aliphatic carbocycles. The highest BCUT2D eigenvalue weighted by molar-refractivity contribution is 6.02. The van der Waals surface area contributed by atoms with E-state index in [-0.39, 0.29) is 11.6 Å². The molecule has 3 rings (SSSR count). The number of carbonyl (C=O) groups is 1. The molecule has 1 N–H and O–H groups in total. The summed E-state index contributed by atoms with van der Waals surface area (Å²) >= 11 is 0. The fourth-order valence-corrected chi connectivity index (χ4v) is 1.78. The molecular weight excluding hydrogens is 256 g/mol. The summed E-state index contributed by atoms with van der Waals surface area (Å²) in [6.07, 6.45) is 6.85. The van der Waals surface area contributed by atoms with Crippen molar-refractivity contribution in [3.8, 4) is 5.69 Å². The first kappa shape index (κ1) is 12.1. The topological polar surface area (TPSA) is 77.6 Å². The molecule has 7 nitrogen and oxygen atoms in total. The second-order valence-electron chi connectivity index (χ2n) is 4.25. The van der Waals surface area contributed by atoms with E-state index in [9.17, 15) is 4.79 Å². The Bertz CT molecular complexity index is 714. The number of rotatable bonds is 3. The highest BCUT2D eigenvalue weighted by atomic mass is 16.2. The van der Waals surface area contributed by atoms with Gasteiger partial charge in [0.05, 0.1) is 12.5 Å². The van der Waals surface area contributed by atoms with E-state index in [2.05, 4.69) is 20.6 Å². The van der Waals surface area contributed by atoms with E-state index < -0.39 is 0 Å². The van der Waals surface area contributed by atoms with E-state index in [4.69, 9.17) is 0 Å². The maximum Gasteiger partial charge on any atom is 0.277 e. The third kappa shape index (κ3) is 2.41. The molecule has 7 heteroatoms. The molecule has 2 aromatic heterocycles. The number of aromatic nitrogens is 5. The molecule has 0 fully saturated rings. The molecule has 0 aliphatic rings. The molecule has 0 spiro atoms. The summed E-state index contributed by atoms with van der Waals surface area (Å²) in [6, 6.07) is 7.44. The Morgan fingerprint density at radius 2 is 2.05 bits per heavy atom. The summed E-state index contributed by atoms with van der Waals surface area (Å²) < 4.78 is 3.37. The third-order valence-corrected chi connectivity index (χ3v) is 2.76. The Morgan fingerprint density at radius 1 is 1.25 bits per heavy atom. The summed E-state index contributed by atoms with van der Waals surface area (Å²) in [5.74, 6) is -0.284. The van der Waals surface area contributed by atoms with Gasteiger partial charge in [-0.05, 0) is 24.3 Å². The molecule has 2 heterocycles. The van der Waals surface area contributed by atoms with Gasteiger partial charge in [0, 0.05) is 30.8 Å². The minimum absolute atomic E-state index is 0.284. The number of carbonyl (C=O) groups excluding carboxylic acids is 1. The Labute approximate surface area is 114 Å². The lowest BCUT2D eigenvalue weighted by molar-refractivity contribution is 0.102. The quantitative estimate of drug-likeness (QED) is 0.775. The average molecular weight is 268 g/mol. The number of aryl methyl sites for hydroxylation is 1. The maximum absolute atomic E-state index is 11.9. The first-order valence-electron chi connectivity index (χ1n) is 5.98. The third-order valence-electron chi connectivity index (χ3n) is 2.76. The summed E-state index contributed by atoms with van der Waals surface area (Å²) in [5, 5.41) is 10.2. The molecule has 20 heavy (non-hydrogen) atoms. The van der Waals surface area contributed by atoms with Crippen molar-refractivity contribution in [2.45, 2.75) is 0 Å². The Kier molecular flexibility index (Phi) is 3.00. The van der Waals surface area contributed by atoms with Crippen molar-refractivity contribution in [3.05, 3.63) is 54.9 Å². The van der Waals surface area contributed by atoms with Crippen LogP contribution in [0, 0.1) is 0 Å². The molecule has 1 amide bonds. The second-order valence-corrected chi connectivity index (χ2v) is 4.25. The van der Waals surface area contributed by atoms with Crippen molar-refractivity contribution < 1.29 is 4.79 Å². The standard InChI is InChI=1S/C13H12N6O/c1-18-8-12(16-17-18)13(20)15-10-2-4-11(5-3-10)19-7-6-14-9-19/h2-9H,1H3,(H,15,20). The van der Waals surface area contributed by atoms with Crippen molar-refractivity contribution in [2.24, 2.45) is 7.05 Å². The predicted octanol–water partition coefficient (Wildman–Crippen LogP) is 1.25. The summed E-state index contributed by atoms with van der Waals surface area (Å²) in [7, 11) is 1.71. The van der Waals surface area contributed by atoms with Gasteiger partial charge in [-0.15, -0.1) is 5.10 Å². The van der Waals surface area contributed by atoms with Crippen LogP contribution in [0.3, 0.4) is 0 Å². The highest BCUT2D eigenvalue weighted by Gasteiger charge is 2.09. The number of benzene rings is 1. The maximum atomic E-state index is 11.9. The van der Waals surface area contributed by atoms with E-state index >= 15 is 0 Å². The number of imidazole rings is 1. The molecule has 0 bridgehead atoms.